The van der Waals surface area contributed by atoms with Crippen LogP contribution in [0.4, 0.5) is 10.2 Å². The van der Waals surface area contributed by atoms with Gasteiger partial charge in [-0.05, 0) is 12.0 Å². The molecule has 1 saturated heterocycles. The summed E-state index contributed by atoms with van der Waals surface area (Å²) in [5.74, 6) is 4.97. The van der Waals surface area contributed by atoms with Gasteiger partial charge in [0.25, 0.3) is 5.91 Å². The predicted molar refractivity (Wildman–Crippen MR) is 97.4 cm³/mol. The molecule has 0 atom stereocenters. The van der Waals surface area contributed by atoms with Crippen LogP contribution >= 0.6 is 0 Å². The second-order valence-electron chi connectivity index (χ2n) is 6.08. The average molecular weight is 372 g/mol. The Bertz CT molecular complexity index is 880. The van der Waals surface area contributed by atoms with Crippen LogP contribution in [0.5, 0.6) is 0 Å². The number of morpholine rings is 1. The number of hydrogen-bond donors (Lipinski definition) is 2. The fraction of sp³-hybridized carbons (Fsp3) is 0.389. The minimum atomic E-state index is -0.515. The maximum absolute atomic E-state index is 13.2. The highest BCUT2D eigenvalue weighted by Gasteiger charge is 2.13. The molecule has 1 aliphatic heterocycles. The Morgan fingerprint density at radius 3 is 2.93 bits per heavy atom. The first-order chi connectivity index (χ1) is 13.0. The summed E-state index contributed by atoms with van der Waals surface area (Å²) in [4.78, 5) is 18.2. The van der Waals surface area contributed by atoms with E-state index >= 15 is 0 Å². The van der Waals surface area contributed by atoms with E-state index in [1.165, 1.54) is 10.7 Å². The van der Waals surface area contributed by atoms with E-state index in [4.69, 9.17) is 10.5 Å². The number of nitrogens with two attached hydrogens (primary N) is 1. The Labute approximate surface area is 156 Å². The standard InChI is InChI=1S/C18H21FN6O2/c1-24-15(3-2-13-10-14(19)12-22-17(13)20)11-16(23-24)18(26)21-4-5-25-6-8-27-9-7-25/h10-12H,4-9H2,1H3,(H2,20,22)(H,21,26). The Morgan fingerprint density at radius 2 is 2.15 bits per heavy atom. The third kappa shape index (κ3) is 5.03. The summed E-state index contributed by atoms with van der Waals surface area (Å²) < 4.78 is 20.0. The minimum Gasteiger partial charge on any atom is -0.383 e. The molecule has 0 aliphatic carbocycles. The van der Waals surface area contributed by atoms with Crippen molar-refractivity contribution < 1.29 is 13.9 Å². The second kappa shape index (κ2) is 8.62. The molecule has 2 aromatic rings. The fourth-order valence-electron chi connectivity index (χ4n) is 2.62. The van der Waals surface area contributed by atoms with Crippen LogP contribution in [0.25, 0.3) is 0 Å². The van der Waals surface area contributed by atoms with Crippen LogP contribution in [-0.2, 0) is 11.8 Å². The number of hydrogen-bond acceptors (Lipinski definition) is 6. The van der Waals surface area contributed by atoms with E-state index in [1.807, 2.05) is 0 Å². The smallest absolute Gasteiger partial charge is 0.271 e. The van der Waals surface area contributed by atoms with Crippen LogP contribution in [0.3, 0.4) is 0 Å². The Hall–Kier alpha value is -2.96. The predicted octanol–water partition coefficient (Wildman–Crippen LogP) is -0.00180. The Kier molecular flexibility index (Phi) is 6.01. The maximum Gasteiger partial charge on any atom is 0.271 e. The number of nitrogens with zero attached hydrogens (tertiary/aromatic N) is 4. The van der Waals surface area contributed by atoms with Gasteiger partial charge >= 0.3 is 0 Å². The number of anilines is 1. The first kappa shape index (κ1) is 18.8. The van der Waals surface area contributed by atoms with Crippen molar-refractivity contribution in [1.82, 2.24) is 25.0 Å². The van der Waals surface area contributed by atoms with Crippen molar-refractivity contribution in [2.24, 2.45) is 7.05 Å². The third-order valence-electron chi connectivity index (χ3n) is 4.14. The van der Waals surface area contributed by atoms with E-state index in [0.29, 0.717) is 12.2 Å². The molecule has 1 amide bonds. The topological polar surface area (TPSA) is 98.3 Å². The molecule has 8 nitrogen and oxygen atoms in total. The largest absolute Gasteiger partial charge is 0.383 e. The van der Waals surface area contributed by atoms with Crippen molar-refractivity contribution >= 4 is 11.7 Å². The van der Waals surface area contributed by atoms with Crippen molar-refractivity contribution in [3.8, 4) is 11.8 Å². The summed E-state index contributed by atoms with van der Waals surface area (Å²) in [5, 5.41) is 7.03. The van der Waals surface area contributed by atoms with Crippen LogP contribution in [0, 0.1) is 17.7 Å². The number of rotatable bonds is 4. The lowest BCUT2D eigenvalue weighted by Crippen LogP contribution is -2.41. The van der Waals surface area contributed by atoms with Crippen molar-refractivity contribution in [2.45, 2.75) is 0 Å². The number of carbonyl (C=O) groups is 1. The first-order valence-electron chi connectivity index (χ1n) is 8.58. The van der Waals surface area contributed by atoms with E-state index in [2.05, 4.69) is 32.1 Å². The van der Waals surface area contributed by atoms with Crippen LogP contribution in [0.1, 0.15) is 21.7 Å². The zero-order chi connectivity index (χ0) is 19.2. The molecule has 142 valence electrons. The average Bonchev–Trinajstić information content (AvgIpc) is 3.04. The summed E-state index contributed by atoms with van der Waals surface area (Å²) in [7, 11) is 1.68. The number of halogens is 1. The highest BCUT2D eigenvalue weighted by atomic mass is 19.1. The van der Waals surface area contributed by atoms with Crippen molar-refractivity contribution in [3.63, 3.8) is 0 Å². The zero-order valence-corrected chi connectivity index (χ0v) is 15.0. The number of ether oxygens (including phenoxy) is 1. The highest BCUT2D eigenvalue weighted by molar-refractivity contribution is 5.92. The third-order valence-corrected chi connectivity index (χ3v) is 4.14. The van der Waals surface area contributed by atoms with Gasteiger partial charge in [-0.2, -0.15) is 5.10 Å². The van der Waals surface area contributed by atoms with Gasteiger partial charge in [0.15, 0.2) is 5.69 Å². The summed E-state index contributed by atoms with van der Waals surface area (Å²) in [6, 6.07) is 2.80. The van der Waals surface area contributed by atoms with Crippen LogP contribution in [0.15, 0.2) is 18.3 Å². The molecule has 0 bridgehead atoms. The molecular formula is C18H21FN6O2. The SMILES string of the molecule is Cn1nc(C(=O)NCCN2CCOCC2)cc1C#Cc1cc(F)cnc1N. The number of nitrogen functional groups attached to an aromatic ring is 1. The molecule has 0 aromatic carbocycles. The molecular weight excluding hydrogens is 351 g/mol. The number of carbonyl (C=O) groups excluding carboxylic acids is 1. The molecule has 0 radical (unpaired) electrons. The van der Waals surface area contributed by atoms with E-state index in [0.717, 1.165) is 39.0 Å². The van der Waals surface area contributed by atoms with E-state index in [-0.39, 0.29) is 23.0 Å². The molecule has 0 spiro atoms. The number of aryl methyl sites for hydroxylation is 1. The molecule has 0 unspecified atom stereocenters. The first-order valence-corrected chi connectivity index (χ1v) is 8.58. The molecule has 3 heterocycles. The lowest BCUT2D eigenvalue weighted by Gasteiger charge is -2.26. The second-order valence-corrected chi connectivity index (χ2v) is 6.08. The summed E-state index contributed by atoms with van der Waals surface area (Å²) >= 11 is 0. The molecule has 3 N–H and O–H groups in total. The molecule has 27 heavy (non-hydrogen) atoms. The van der Waals surface area contributed by atoms with Crippen LogP contribution in [-0.4, -0.2) is 65.0 Å². The lowest BCUT2D eigenvalue weighted by atomic mass is 10.2. The number of pyridine rings is 1. The zero-order valence-electron chi connectivity index (χ0n) is 15.0. The van der Waals surface area contributed by atoms with E-state index < -0.39 is 5.82 Å². The lowest BCUT2D eigenvalue weighted by molar-refractivity contribution is 0.0383. The molecule has 1 aliphatic rings. The summed E-state index contributed by atoms with van der Waals surface area (Å²) in [5.41, 5.74) is 6.75. The Morgan fingerprint density at radius 1 is 1.37 bits per heavy atom. The van der Waals surface area contributed by atoms with Gasteiger partial charge in [0.2, 0.25) is 0 Å². The quantitative estimate of drug-likeness (QED) is 0.733. The van der Waals surface area contributed by atoms with Gasteiger partial charge in [-0.15, -0.1) is 0 Å². The molecule has 1 fully saturated rings. The van der Waals surface area contributed by atoms with Gasteiger partial charge in [0.05, 0.1) is 25.0 Å². The van der Waals surface area contributed by atoms with Crippen molar-refractivity contribution in [1.29, 1.82) is 0 Å². The van der Waals surface area contributed by atoms with E-state index in [1.54, 1.807) is 13.1 Å². The van der Waals surface area contributed by atoms with Crippen molar-refractivity contribution in [2.75, 3.05) is 45.1 Å². The molecule has 2 aromatic heterocycles. The van der Waals surface area contributed by atoms with Gasteiger partial charge in [0, 0.05) is 39.3 Å². The number of nitrogens with one attached hydrogen (secondary N) is 1. The van der Waals surface area contributed by atoms with Crippen molar-refractivity contribution in [3.05, 3.63) is 41.1 Å². The maximum atomic E-state index is 13.2. The molecule has 9 heteroatoms. The summed E-state index contributed by atoms with van der Waals surface area (Å²) in [6.07, 6.45) is 1.03. The normalized spacial score (nSPS) is 14.4. The monoisotopic (exact) mass is 372 g/mol. The summed E-state index contributed by atoms with van der Waals surface area (Å²) in [6.45, 7) is 4.49. The van der Waals surface area contributed by atoms with Gasteiger partial charge < -0.3 is 15.8 Å². The fourth-order valence-corrected chi connectivity index (χ4v) is 2.62. The van der Waals surface area contributed by atoms with Gasteiger partial charge in [-0.25, -0.2) is 9.37 Å². The molecule has 0 saturated carbocycles. The number of amides is 1. The Balaban J connectivity index is 1.61. The minimum absolute atomic E-state index is 0.146. The van der Waals surface area contributed by atoms with Crippen LogP contribution in [0.2, 0.25) is 0 Å². The van der Waals surface area contributed by atoms with E-state index in [9.17, 15) is 9.18 Å². The van der Waals surface area contributed by atoms with Gasteiger partial charge in [0.1, 0.15) is 17.3 Å². The van der Waals surface area contributed by atoms with Gasteiger partial charge in [-0.1, -0.05) is 5.92 Å². The number of aromatic nitrogens is 3. The molecule has 3 rings (SSSR count). The highest BCUT2D eigenvalue weighted by Crippen LogP contribution is 2.09. The van der Waals surface area contributed by atoms with Crippen LogP contribution < -0.4 is 11.1 Å². The van der Waals surface area contributed by atoms with Gasteiger partial charge in [-0.3, -0.25) is 14.4 Å².